The second kappa shape index (κ2) is 12.5. The summed E-state index contributed by atoms with van der Waals surface area (Å²) >= 11 is 0. The summed E-state index contributed by atoms with van der Waals surface area (Å²) in [5.41, 5.74) is 0.985. The van der Waals surface area contributed by atoms with Crippen molar-refractivity contribution >= 4 is 29.9 Å². The summed E-state index contributed by atoms with van der Waals surface area (Å²) in [5.74, 6) is 0.604. The van der Waals surface area contributed by atoms with Crippen molar-refractivity contribution in [2.75, 3.05) is 39.8 Å². The molecule has 1 aromatic carbocycles. The summed E-state index contributed by atoms with van der Waals surface area (Å²) in [6, 6.07) is 6.71. The van der Waals surface area contributed by atoms with Crippen molar-refractivity contribution in [1.29, 1.82) is 0 Å². The second-order valence-electron chi connectivity index (χ2n) is 6.68. The number of rotatable bonds is 7. The van der Waals surface area contributed by atoms with Gasteiger partial charge in [-0.3, -0.25) is 9.89 Å². The molecule has 2 unspecified atom stereocenters. The molecule has 2 rings (SSSR count). The van der Waals surface area contributed by atoms with Gasteiger partial charge in [0.15, 0.2) is 5.96 Å². The molecule has 0 bridgehead atoms. The van der Waals surface area contributed by atoms with Gasteiger partial charge in [-0.25, -0.2) is 4.39 Å². The predicted octanol–water partition coefficient (Wildman–Crippen LogP) is 2.65. The lowest BCUT2D eigenvalue weighted by Gasteiger charge is -2.35. The van der Waals surface area contributed by atoms with Crippen molar-refractivity contribution in [1.82, 2.24) is 15.5 Å². The first kappa shape index (κ1) is 23.1. The van der Waals surface area contributed by atoms with Crippen LogP contribution in [0.2, 0.25) is 0 Å². The third-order valence-corrected chi connectivity index (χ3v) is 4.26. The summed E-state index contributed by atoms with van der Waals surface area (Å²) in [6.45, 7) is 8.93. The number of halogens is 2. The highest BCUT2D eigenvalue weighted by Gasteiger charge is 2.21. The molecular weight excluding hydrogens is 446 g/mol. The number of hydrogen-bond acceptors (Lipinski definition) is 3. The maximum absolute atomic E-state index is 13.2. The molecule has 1 aliphatic heterocycles. The van der Waals surface area contributed by atoms with Gasteiger partial charge in [0.2, 0.25) is 0 Å². The van der Waals surface area contributed by atoms with E-state index >= 15 is 0 Å². The van der Waals surface area contributed by atoms with Crippen molar-refractivity contribution in [2.24, 2.45) is 4.99 Å². The first-order valence-corrected chi connectivity index (χ1v) is 9.13. The monoisotopic (exact) mass is 478 g/mol. The van der Waals surface area contributed by atoms with Crippen LogP contribution in [0.15, 0.2) is 29.3 Å². The zero-order chi connectivity index (χ0) is 18.1. The largest absolute Gasteiger partial charge is 0.373 e. The molecule has 0 aromatic heterocycles. The van der Waals surface area contributed by atoms with Gasteiger partial charge in [0.05, 0.1) is 12.2 Å². The van der Waals surface area contributed by atoms with Crippen molar-refractivity contribution in [3.8, 4) is 0 Å². The lowest BCUT2D eigenvalue weighted by atomic mass is 10.1. The first-order chi connectivity index (χ1) is 12.1. The highest BCUT2D eigenvalue weighted by Crippen LogP contribution is 2.10. The number of ether oxygens (including phenoxy) is 1. The van der Waals surface area contributed by atoms with Gasteiger partial charge in [-0.2, -0.15) is 0 Å². The predicted molar refractivity (Wildman–Crippen MR) is 116 cm³/mol. The molecule has 148 valence electrons. The van der Waals surface area contributed by atoms with E-state index in [4.69, 9.17) is 4.74 Å². The molecular formula is C19H32FIN4O. The van der Waals surface area contributed by atoms with E-state index in [-0.39, 0.29) is 29.8 Å². The van der Waals surface area contributed by atoms with E-state index in [0.717, 1.165) is 57.1 Å². The van der Waals surface area contributed by atoms with Gasteiger partial charge < -0.3 is 15.4 Å². The van der Waals surface area contributed by atoms with Crippen LogP contribution in [-0.2, 0) is 11.2 Å². The molecule has 1 aromatic rings. The minimum Gasteiger partial charge on any atom is -0.373 e. The van der Waals surface area contributed by atoms with Gasteiger partial charge in [0.1, 0.15) is 5.82 Å². The van der Waals surface area contributed by atoms with Crippen molar-refractivity contribution < 1.29 is 9.13 Å². The Balaban J connectivity index is 0.00000338. The molecule has 2 N–H and O–H groups in total. The average Bonchev–Trinajstić information content (AvgIpc) is 2.56. The fourth-order valence-corrected chi connectivity index (χ4v) is 3.21. The molecule has 5 nitrogen and oxygen atoms in total. The normalized spacial score (nSPS) is 21.2. The van der Waals surface area contributed by atoms with E-state index in [1.54, 1.807) is 19.2 Å². The number of nitrogens with zero attached hydrogens (tertiary/aromatic N) is 2. The Labute approximate surface area is 173 Å². The molecule has 0 aliphatic carbocycles. The Kier molecular flexibility index (Phi) is 11.1. The van der Waals surface area contributed by atoms with Gasteiger partial charge in [0, 0.05) is 39.8 Å². The van der Waals surface area contributed by atoms with Crippen LogP contribution in [0.5, 0.6) is 0 Å². The van der Waals surface area contributed by atoms with E-state index in [1.807, 2.05) is 6.07 Å². The third-order valence-electron chi connectivity index (χ3n) is 4.26. The van der Waals surface area contributed by atoms with Crippen molar-refractivity contribution in [2.45, 2.75) is 38.9 Å². The zero-order valence-corrected chi connectivity index (χ0v) is 18.3. The molecule has 7 heteroatoms. The maximum Gasteiger partial charge on any atom is 0.190 e. The Morgan fingerprint density at radius 3 is 2.58 bits per heavy atom. The molecule has 1 aliphatic rings. The van der Waals surface area contributed by atoms with Crippen LogP contribution in [0.3, 0.4) is 0 Å². The highest BCUT2D eigenvalue weighted by atomic mass is 127. The van der Waals surface area contributed by atoms with Crippen LogP contribution in [0, 0.1) is 5.82 Å². The van der Waals surface area contributed by atoms with Gasteiger partial charge in [-0.1, -0.05) is 12.1 Å². The summed E-state index contributed by atoms with van der Waals surface area (Å²) in [6.07, 6.45) is 2.45. The lowest BCUT2D eigenvalue weighted by molar-refractivity contribution is -0.0679. The summed E-state index contributed by atoms with van der Waals surface area (Å²) in [5, 5.41) is 6.61. The van der Waals surface area contributed by atoms with Crippen LogP contribution in [0.25, 0.3) is 0 Å². The van der Waals surface area contributed by atoms with Gasteiger partial charge in [-0.05, 0) is 44.4 Å². The van der Waals surface area contributed by atoms with Gasteiger partial charge >= 0.3 is 0 Å². The first-order valence-electron chi connectivity index (χ1n) is 9.13. The maximum atomic E-state index is 13.2. The summed E-state index contributed by atoms with van der Waals surface area (Å²) in [4.78, 5) is 6.69. The fourth-order valence-electron chi connectivity index (χ4n) is 3.21. The third kappa shape index (κ3) is 8.64. The minimum atomic E-state index is -0.188. The van der Waals surface area contributed by atoms with Crippen molar-refractivity contribution in [3.05, 3.63) is 35.6 Å². The van der Waals surface area contributed by atoms with E-state index in [1.165, 1.54) is 6.07 Å². The highest BCUT2D eigenvalue weighted by molar-refractivity contribution is 14.0. The molecule has 1 fully saturated rings. The fraction of sp³-hybridized carbons (Fsp3) is 0.632. The molecule has 0 saturated carbocycles. The lowest BCUT2D eigenvalue weighted by Crippen LogP contribution is -2.46. The van der Waals surface area contributed by atoms with Crippen LogP contribution >= 0.6 is 24.0 Å². The SMILES string of the molecule is CN=C(NCCCN1CC(C)OC(C)C1)NCCc1cccc(F)c1.I. The Hall–Kier alpha value is -0.930. The minimum absolute atomic E-state index is 0. The Bertz CT molecular complexity index is 548. The number of morpholine rings is 1. The second-order valence-corrected chi connectivity index (χ2v) is 6.68. The number of nitrogens with one attached hydrogen (secondary N) is 2. The molecule has 0 radical (unpaired) electrons. The average molecular weight is 478 g/mol. The van der Waals surface area contributed by atoms with Gasteiger partial charge in [0.25, 0.3) is 0 Å². The summed E-state index contributed by atoms with van der Waals surface area (Å²) in [7, 11) is 1.77. The van der Waals surface area contributed by atoms with E-state index in [0.29, 0.717) is 12.2 Å². The smallest absolute Gasteiger partial charge is 0.190 e. The molecule has 2 atom stereocenters. The molecule has 1 heterocycles. The number of aliphatic imine (C=N–C) groups is 1. The van der Waals surface area contributed by atoms with E-state index in [9.17, 15) is 4.39 Å². The van der Waals surface area contributed by atoms with E-state index < -0.39 is 0 Å². The van der Waals surface area contributed by atoms with Gasteiger partial charge in [-0.15, -0.1) is 24.0 Å². The zero-order valence-electron chi connectivity index (χ0n) is 16.0. The topological polar surface area (TPSA) is 48.9 Å². The molecule has 0 amide bonds. The quantitative estimate of drug-likeness (QED) is 0.274. The standard InChI is InChI=1S/C19H31FN4O.HI/c1-15-13-24(14-16(2)25-15)11-5-9-22-19(21-3)23-10-8-17-6-4-7-18(20)12-17;/h4,6-7,12,15-16H,5,8-11,13-14H2,1-3H3,(H2,21,22,23);1H. The van der Waals surface area contributed by atoms with Crippen LogP contribution in [0.1, 0.15) is 25.8 Å². The van der Waals surface area contributed by atoms with E-state index in [2.05, 4.69) is 34.4 Å². The van der Waals surface area contributed by atoms with Crippen LogP contribution in [0.4, 0.5) is 4.39 Å². The van der Waals surface area contributed by atoms with Crippen molar-refractivity contribution in [3.63, 3.8) is 0 Å². The van der Waals surface area contributed by atoms with Crippen LogP contribution in [-0.4, -0.2) is 62.8 Å². The Morgan fingerprint density at radius 1 is 1.23 bits per heavy atom. The van der Waals surface area contributed by atoms with Crippen LogP contribution < -0.4 is 10.6 Å². The molecule has 26 heavy (non-hydrogen) atoms. The summed E-state index contributed by atoms with van der Waals surface area (Å²) < 4.78 is 18.9. The Morgan fingerprint density at radius 2 is 1.92 bits per heavy atom. The molecule has 1 saturated heterocycles. The number of hydrogen-bond donors (Lipinski definition) is 2. The number of benzene rings is 1. The number of guanidine groups is 1. The molecule has 0 spiro atoms.